The monoisotopic (exact) mass is 241 g/mol. The third kappa shape index (κ3) is 2.56. The highest BCUT2D eigenvalue weighted by Crippen LogP contribution is 2.20. The molecular formula is C15H15NO2. The average Bonchev–Trinajstić information content (AvgIpc) is 2.47. The van der Waals surface area contributed by atoms with Gasteiger partial charge in [-0.25, -0.2) is 4.98 Å². The summed E-state index contributed by atoms with van der Waals surface area (Å²) in [5.41, 5.74) is 1.62. The first-order chi connectivity index (χ1) is 8.72. The van der Waals surface area contributed by atoms with Gasteiger partial charge in [-0.15, -0.1) is 0 Å². The maximum absolute atomic E-state index is 12.3. The summed E-state index contributed by atoms with van der Waals surface area (Å²) in [5.74, 6) is 0.414. The highest BCUT2D eigenvalue weighted by Gasteiger charge is 2.17. The second-order valence-corrected chi connectivity index (χ2v) is 4.09. The van der Waals surface area contributed by atoms with Gasteiger partial charge in [0.2, 0.25) is 5.88 Å². The Hall–Kier alpha value is -2.16. The Morgan fingerprint density at radius 2 is 1.89 bits per heavy atom. The van der Waals surface area contributed by atoms with Crippen molar-refractivity contribution in [3.8, 4) is 5.88 Å². The van der Waals surface area contributed by atoms with Crippen molar-refractivity contribution in [2.24, 2.45) is 0 Å². The van der Waals surface area contributed by atoms with E-state index in [0.717, 1.165) is 5.56 Å². The van der Waals surface area contributed by atoms with E-state index in [-0.39, 0.29) is 11.7 Å². The number of benzene rings is 1. The SMILES string of the molecule is COc1ccc(C(=O)C(C)c2ccccc2)cn1. The van der Waals surface area contributed by atoms with Crippen LogP contribution in [0.2, 0.25) is 0 Å². The highest BCUT2D eigenvalue weighted by atomic mass is 16.5. The predicted molar refractivity (Wildman–Crippen MR) is 70.0 cm³/mol. The Morgan fingerprint density at radius 1 is 1.17 bits per heavy atom. The number of nitrogens with zero attached hydrogens (tertiary/aromatic N) is 1. The Labute approximate surface area is 106 Å². The minimum atomic E-state index is -0.165. The van der Waals surface area contributed by atoms with E-state index in [0.29, 0.717) is 11.4 Å². The average molecular weight is 241 g/mol. The molecule has 0 N–H and O–H groups in total. The third-order valence-electron chi connectivity index (χ3n) is 2.92. The van der Waals surface area contributed by atoms with Crippen LogP contribution in [0.25, 0.3) is 0 Å². The summed E-state index contributed by atoms with van der Waals surface area (Å²) >= 11 is 0. The number of Topliss-reactive ketones (excluding diaryl/α,β-unsaturated/α-hetero) is 1. The molecule has 0 aliphatic carbocycles. The van der Waals surface area contributed by atoms with E-state index >= 15 is 0 Å². The van der Waals surface area contributed by atoms with E-state index in [4.69, 9.17) is 4.74 Å². The van der Waals surface area contributed by atoms with Crippen molar-refractivity contribution < 1.29 is 9.53 Å². The summed E-state index contributed by atoms with van der Waals surface area (Å²) < 4.78 is 4.97. The Balaban J connectivity index is 2.20. The van der Waals surface area contributed by atoms with E-state index in [9.17, 15) is 4.79 Å². The van der Waals surface area contributed by atoms with E-state index < -0.39 is 0 Å². The zero-order valence-electron chi connectivity index (χ0n) is 10.5. The summed E-state index contributed by atoms with van der Waals surface area (Å²) in [4.78, 5) is 16.3. The van der Waals surface area contributed by atoms with Crippen molar-refractivity contribution in [1.29, 1.82) is 0 Å². The first kappa shape index (κ1) is 12.3. The molecule has 1 atom stereocenters. The largest absolute Gasteiger partial charge is 0.481 e. The predicted octanol–water partition coefficient (Wildman–Crippen LogP) is 3.08. The number of carbonyl (C=O) groups excluding carboxylic acids is 1. The lowest BCUT2D eigenvalue weighted by Gasteiger charge is -2.10. The van der Waals surface area contributed by atoms with Gasteiger partial charge in [0.1, 0.15) is 0 Å². The normalized spacial score (nSPS) is 11.9. The van der Waals surface area contributed by atoms with Gasteiger partial charge in [-0.3, -0.25) is 4.79 Å². The van der Waals surface area contributed by atoms with Crippen LogP contribution in [0.5, 0.6) is 5.88 Å². The molecule has 18 heavy (non-hydrogen) atoms. The number of ether oxygens (including phenoxy) is 1. The minimum Gasteiger partial charge on any atom is -0.481 e. The maximum atomic E-state index is 12.3. The van der Waals surface area contributed by atoms with Crippen LogP contribution in [0.3, 0.4) is 0 Å². The van der Waals surface area contributed by atoms with Gasteiger partial charge in [-0.2, -0.15) is 0 Å². The maximum Gasteiger partial charge on any atom is 0.212 e. The van der Waals surface area contributed by atoms with Crippen LogP contribution in [0.4, 0.5) is 0 Å². The van der Waals surface area contributed by atoms with Crippen LogP contribution < -0.4 is 4.74 Å². The number of carbonyl (C=O) groups is 1. The summed E-state index contributed by atoms with van der Waals surface area (Å²) in [6.07, 6.45) is 1.56. The molecule has 0 aliphatic heterocycles. The van der Waals surface area contributed by atoms with Crippen molar-refractivity contribution >= 4 is 5.78 Å². The molecule has 3 nitrogen and oxygen atoms in total. The fourth-order valence-corrected chi connectivity index (χ4v) is 1.79. The van der Waals surface area contributed by atoms with Gasteiger partial charge in [0.15, 0.2) is 5.78 Å². The third-order valence-corrected chi connectivity index (χ3v) is 2.92. The summed E-state index contributed by atoms with van der Waals surface area (Å²) in [6.45, 7) is 1.90. The fraction of sp³-hybridized carbons (Fsp3) is 0.200. The minimum absolute atomic E-state index is 0.0661. The molecule has 0 saturated carbocycles. The van der Waals surface area contributed by atoms with Gasteiger partial charge in [0.25, 0.3) is 0 Å². The Kier molecular flexibility index (Phi) is 3.72. The molecule has 1 heterocycles. The van der Waals surface area contributed by atoms with E-state index in [1.165, 1.54) is 0 Å². The summed E-state index contributed by atoms with van der Waals surface area (Å²) in [7, 11) is 1.55. The first-order valence-corrected chi connectivity index (χ1v) is 5.81. The molecule has 0 spiro atoms. The van der Waals surface area contributed by atoms with Crippen molar-refractivity contribution in [2.75, 3.05) is 7.11 Å². The summed E-state index contributed by atoms with van der Waals surface area (Å²) in [5, 5.41) is 0. The van der Waals surface area contributed by atoms with Crippen LogP contribution in [-0.2, 0) is 0 Å². The number of hydrogen-bond acceptors (Lipinski definition) is 3. The lowest BCUT2D eigenvalue weighted by atomic mass is 9.93. The number of hydrogen-bond donors (Lipinski definition) is 0. The quantitative estimate of drug-likeness (QED) is 0.772. The zero-order chi connectivity index (χ0) is 13.0. The molecule has 1 unspecified atom stereocenters. The Morgan fingerprint density at radius 3 is 2.44 bits per heavy atom. The molecule has 92 valence electrons. The van der Waals surface area contributed by atoms with Crippen molar-refractivity contribution in [3.05, 3.63) is 59.8 Å². The fourth-order valence-electron chi connectivity index (χ4n) is 1.79. The molecule has 0 aliphatic rings. The topological polar surface area (TPSA) is 39.2 Å². The molecule has 0 bridgehead atoms. The molecule has 1 aromatic carbocycles. The molecule has 3 heteroatoms. The van der Waals surface area contributed by atoms with Crippen molar-refractivity contribution in [1.82, 2.24) is 4.98 Å². The molecule has 2 aromatic rings. The van der Waals surface area contributed by atoms with E-state index in [1.54, 1.807) is 25.4 Å². The second-order valence-electron chi connectivity index (χ2n) is 4.09. The molecule has 1 aromatic heterocycles. The van der Waals surface area contributed by atoms with Gasteiger partial charge >= 0.3 is 0 Å². The van der Waals surface area contributed by atoms with Crippen molar-refractivity contribution in [3.63, 3.8) is 0 Å². The Bertz CT molecular complexity index is 520. The standard InChI is InChI=1S/C15H15NO2/c1-11(12-6-4-3-5-7-12)15(17)13-8-9-14(18-2)16-10-13/h3-11H,1-2H3. The first-order valence-electron chi connectivity index (χ1n) is 5.81. The van der Waals surface area contributed by atoms with Crippen LogP contribution in [0.1, 0.15) is 28.8 Å². The number of methoxy groups -OCH3 is 1. The second kappa shape index (κ2) is 5.45. The number of rotatable bonds is 4. The lowest BCUT2D eigenvalue weighted by molar-refractivity contribution is 0.0965. The van der Waals surface area contributed by atoms with Gasteiger partial charge in [0, 0.05) is 23.7 Å². The molecular weight excluding hydrogens is 226 g/mol. The number of ketones is 1. The smallest absolute Gasteiger partial charge is 0.212 e. The number of aromatic nitrogens is 1. The van der Waals surface area contributed by atoms with Crippen LogP contribution >= 0.6 is 0 Å². The molecule has 0 fully saturated rings. The zero-order valence-corrected chi connectivity index (χ0v) is 10.5. The van der Waals surface area contributed by atoms with Gasteiger partial charge in [0.05, 0.1) is 7.11 Å². The van der Waals surface area contributed by atoms with Gasteiger partial charge in [-0.05, 0) is 11.6 Å². The number of pyridine rings is 1. The highest BCUT2D eigenvalue weighted by molar-refractivity contribution is 6.00. The summed E-state index contributed by atoms with van der Waals surface area (Å²) in [6, 6.07) is 13.2. The van der Waals surface area contributed by atoms with Crippen molar-refractivity contribution in [2.45, 2.75) is 12.8 Å². The molecule has 0 amide bonds. The van der Waals surface area contributed by atoms with Gasteiger partial charge < -0.3 is 4.74 Å². The van der Waals surface area contributed by atoms with E-state index in [1.807, 2.05) is 37.3 Å². The molecule has 0 radical (unpaired) electrons. The lowest BCUT2D eigenvalue weighted by Crippen LogP contribution is -2.09. The molecule has 0 saturated heterocycles. The van der Waals surface area contributed by atoms with E-state index in [2.05, 4.69) is 4.98 Å². The van der Waals surface area contributed by atoms with Crippen LogP contribution in [0, 0.1) is 0 Å². The van der Waals surface area contributed by atoms with Crippen LogP contribution in [-0.4, -0.2) is 17.9 Å². The van der Waals surface area contributed by atoms with Crippen LogP contribution in [0.15, 0.2) is 48.7 Å². The molecule has 2 rings (SSSR count). The van der Waals surface area contributed by atoms with Gasteiger partial charge in [-0.1, -0.05) is 37.3 Å².